The van der Waals surface area contributed by atoms with E-state index < -0.39 is 0 Å². The molecule has 1 N–H and O–H groups in total. The van der Waals surface area contributed by atoms with Gasteiger partial charge in [0.25, 0.3) is 0 Å². The number of carbonyl (C=O) groups excluding carboxylic acids is 1. The van der Waals surface area contributed by atoms with Gasteiger partial charge in [0.15, 0.2) is 0 Å². The molecule has 0 spiro atoms. The fraction of sp³-hybridized carbons (Fsp3) is 0.312. The van der Waals surface area contributed by atoms with Gasteiger partial charge in [-0.05, 0) is 35.7 Å². The molecule has 2 aromatic carbocycles. The Labute approximate surface area is 112 Å². The molecule has 0 bridgehead atoms. The third-order valence-electron chi connectivity index (χ3n) is 3.34. The quantitative estimate of drug-likeness (QED) is 0.834. The summed E-state index contributed by atoms with van der Waals surface area (Å²) in [6.07, 6.45) is 2.08. The largest absolute Gasteiger partial charge is 0.492 e. The SMILES string of the molecule is O=C(NCCOc1ccc2ccccc2c1)C1CC1. The summed E-state index contributed by atoms with van der Waals surface area (Å²) in [6, 6.07) is 14.2. The minimum atomic E-state index is 0.169. The number of hydrogen-bond donors (Lipinski definition) is 1. The molecule has 0 aliphatic heterocycles. The molecule has 1 aliphatic carbocycles. The lowest BCUT2D eigenvalue weighted by Gasteiger charge is -2.08. The Bertz CT molecular complexity index is 590. The fourth-order valence-corrected chi connectivity index (χ4v) is 2.09. The highest BCUT2D eigenvalue weighted by molar-refractivity contribution is 5.83. The van der Waals surface area contributed by atoms with E-state index in [4.69, 9.17) is 4.74 Å². The van der Waals surface area contributed by atoms with Crippen LogP contribution in [0.2, 0.25) is 0 Å². The van der Waals surface area contributed by atoms with Crippen molar-refractivity contribution in [2.45, 2.75) is 12.8 Å². The smallest absolute Gasteiger partial charge is 0.223 e. The zero-order valence-corrected chi connectivity index (χ0v) is 10.8. The molecule has 1 fully saturated rings. The molecule has 19 heavy (non-hydrogen) atoms. The lowest BCUT2D eigenvalue weighted by atomic mass is 10.1. The molecule has 0 unspecified atom stereocenters. The van der Waals surface area contributed by atoms with Crippen LogP contribution in [-0.2, 0) is 4.79 Å². The van der Waals surface area contributed by atoms with Crippen molar-refractivity contribution in [2.75, 3.05) is 13.2 Å². The van der Waals surface area contributed by atoms with E-state index in [-0.39, 0.29) is 11.8 Å². The first-order valence-corrected chi connectivity index (χ1v) is 6.72. The van der Waals surface area contributed by atoms with Crippen LogP contribution in [0.15, 0.2) is 42.5 Å². The Morgan fingerprint density at radius 2 is 1.95 bits per heavy atom. The van der Waals surface area contributed by atoms with Gasteiger partial charge in [-0.3, -0.25) is 4.79 Å². The van der Waals surface area contributed by atoms with E-state index in [9.17, 15) is 4.79 Å². The number of hydrogen-bond acceptors (Lipinski definition) is 2. The summed E-state index contributed by atoms with van der Waals surface area (Å²) in [5, 5.41) is 5.26. The van der Waals surface area contributed by atoms with E-state index in [1.165, 1.54) is 10.8 Å². The Kier molecular flexibility index (Phi) is 3.36. The van der Waals surface area contributed by atoms with E-state index in [0.29, 0.717) is 13.2 Å². The molecule has 1 amide bonds. The van der Waals surface area contributed by atoms with Crippen LogP contribution in [-0.4, -0.2) is 19.1 Å². The van der Waals surface area contributed by atoms with Gasteiger partial charge in [-0.15, -0.1) is 0 Å². The Balaban J connectivity index is 1.51. The Morgan fingerprint density at radius 1 is 1.16 bits per heavy atom. The first-order chi connectivity index (χ1) is 9.33. The standard InChI is InChI=1S/C16H17NO2/c18-16(13-5-6-13)17-9-10-19-15-8-7-12-3-1-2-4-14(12)11-15/h1-4,7-8,11,13H,5-6,9-10H2,(H,17,18). The predicted octanol–water partition coefficient (Wildman–Crippen LogP) is 2.74. The van der Waals surface area contributed by atoms with Crippen LogP contribution in [0.4, 0.5) is 0 Å². The minimum Gasteiger partial charge on any atom is -0.492 e. The number of amides is 1. The molecule has 98 valence electrons. The third kappa shape index (κ3) is 3.05. The first kappa shape index (κ1) is 12.0. The van der Waals surface area contributed by atoms with Crippen LogP contribution in [0.25, 0.3) is 10.8 Å². The molecule has 2 aromatic rings. The van der Waals surface area contributed by atoms with Gasteiger partial charge in [-0.25, -0.2) is 0 Å². The van der Waals surface area contributed by atoms with Gasteiger partial charge in [0.05, 0.1) is 6.54 Å². The maximum absolute atomic E-state index is 11.4. The van der Waals surface area contributed by atoms with Crippen molar-refractivity contribution in [1.82, 2.24) is 5.32 Å². The second kappa shape index (κ2) is 5.31. The summed E-state index contributed by atoms with van der Waals surface area (Å²) >= 11 is 0. The molecule has 0 atom stereocenters. The van der Waals surface area contributed by atoms with Crippen molar-refractivity contribution in [1.29, 1.82) is 0 Å². The molecule has 1 saturated carbocycles. The molecule has 1 aliphatic rings. The number of ether oxygens (including phenoxy) is 1. The molecular formula is C16H17NO2. The van der Waals surface area contributed by atoms with Crippen molar-refractivity contribution >= 4 is 16.7 Å². The highest BCUT2D eigenvalue weighted by Crippen LogP contribution is 2.28. The number of fused-ring (bicyclic) bond motifs is 1. The molecule has 0 heterocycles. The van der Waals surface area contributed by atoms with E-state index in [1.54, 1.807) is 0 Å². The van der Waals surface area contributed by atoms with E-state index in [1.807, 2.05) is 30.3 Å². The van der Waals surface area contributed by atoms with Crippen LogP contribution in [0, 0.1) is 5.92 Å². The summed E-state index contributed by atoms with van der Waals surface area (Å²) in [5.74, 6) is 1.28. The van der Waals surface area contributed by atoms with Gasteiger partial charge in [0.2, 0.25) is 5.91 Å². The third-order valence-corrected chi connectivity index (χ3v) is 3.34. The monoisotopic (exact) mass is 255 g/mol. The second-order valence-corrected chi connectivity index (χ2v) is 4.92. The number of benzene rings is 2. The predicted molar refractivity (Wildman–Crippen MR) is 75.2 cm³/mol. The van der Waals surface area contributed by atoms with Crippen LogP contribution < -0.4 is 10.1 Å². The van der Waals surface area contributed by atoms with E-state index in [2.05, 4.69) is 17.4 Å². The van der Waals surface area contributed by atoms with Crippen LogP contribution in [0.1, 0.15) is 12.8 Å². The van der Waals surface area contributed by atoms with Crippen LogP contribution in [0.3, 0.4) is 0 Å². The average molecular weight is 255 g/mol. The number of rotatable bonds is 5. The van der Waals surface area contributed by atoms with Gasteiger partial charge < -0.3 is 10.1 Å². The van der Waals surface area contributed by atoms with E-state index in [0.717, 1.165) is 18.6 Å². The van der Waals surface area contributed by atoms with Gasteiger partial charge >= 0.3 is 0 Å². The van der Waals surface area contributed by atoms with Crippen LogP contribution >= 0.6 is 0 Å². The normalized spacial score (nSPS) is 14.3. The lowest BCUT2D eigenvalue weighted by Crippen LogP contribution is -2.29. The molecule has 0 saturated heterocycles. The molecule has 3 heteroatoms. The summed E-state index contributed by atoms with van der Waals surface area (Å²) in [4.78, 5) is 11.4. The molecular weight excluding hydrogens is 238 g/mol. The number of carbonyl (C=O) groups is 1. The van der Waals surface area contributed by atoms with Crippen molar-refractivity contribution in [3.63, 3.8) is 0 Å². The highest BCUT2D eigenvalue weighted by Gasteiger charge is 2.28. The minimum absolute atomic E-state index is 0.169. The molecule has 0 radical (unpaired) electrons. The van der Waals surface area contributed by atoms with Crippen molar-refractivity contribution in [2.24, 2.45) is 5.92 Å². The summed E-state index contributed by atoms with van der Waals surface area (Å²) in [6.45, 7) is 1.08. The van der Waals surface area contributed by atoms with Gasteiger partial charge in [0.1, 0.15) is 12.4 Å². The Morgan fingerprint density at radius 3 is 2.74 bits per heavy atom. The van der Waals surface area contributed by atoms with Crippen molar-refractivity contribution in [3.8, 4) is 5.75 Å². The summed E-state index contributed by atoms with van der Waals surface area (Å²) in [5.41, 5.74) is 0. The first-order valence-electron chi connectivity index (χ1n) is 6.72. The zero-order chi connectivity index (χ0) is 13.1. The average Bonchev–Trinajstić information content (AvgIpc) is 3.28. The van der Waals surface area contributed by atoms with Gasteiger partial charge in [0, 0.05) is 5.92 Å². The number of nitrogens with one attached hydrogen (secondary N) is 1. The summed E-state index contributed by atoms with van der Waals surface area (Å²) < 4.78 is 5.65. The van der Waals surface area contributed by atoms with Gasteiger partial charge in [-0.1, -0.05) is 30.3 Å². The maximum Gasteiger partial charge on any atom is 0.223 e. The van der Waals surface area contributed by atoms with E-state index >= 15 is 0 Å². The fourth-order valence-electron chi connectivity index (χ4n) is 2.09. The van der Waals surface area contributed by atoms with Crippen LogP contribution in [0.5, 0.6) is 5.75 Å². The zero-order valence-electron chi connectivity index (χ0n) is 10.8. The Hall–Kier alpha value is -2.03. The maximum atomic E-state index is 11.4. The van der Waals surface area contributed by atoms with Gasteiger partial charge in [-0.2, -0.15) is 0 Å². The molecule has 3 nitrogen and oxygen atoms in total. The van der Waals surface area contributed by atoms with Crippen molar-refractivity contribution < 1.29 is 9.53 Å². The molecule has 3 rings (SSSR count). The summed E-state index contributed by atoms with van der Waals surface area (Å²) in [7, 11) is 0. The second-order valence-electron chi connectivity index (χ2n) is 4.92. The molecule has 0 aromatic heterocycles. The lowest BCUT2D eigenvalue weighted by molar-refractivity contribution is -0.122. The highest BCUT2D eigenvalue weighted by atomic mass is 16.5. The van der Waals surface area contributed by atoms with Crippen molar-refractivity contribution in [3.05, 3.63) is 42.5 Å². The topological polar surface area (TPSA) is 38.3 Å².